The average Bonchev–Trinajstić information content (AvgIpc) is 2.39. The summed E-state index contributed by atoms with van der Waals surface area (Å²) in [4.78, 5) is 14.5. The third-order valence-corrected chi connectivity index (χ3v) is 4.06. The molecule has 1 saturated heterocycles. The van der Waals surface area contributed by atoms with Gasteiger partial charge in [0.1, 0.15) is 5.75 Å². The monoisotopic (exact) mass is 340 g/mol. The van der Waals surface area contributed by atoms with E-state index in [1.807, 2.05) is 6.92 Å². The van der Waals surface area contributed by atoms with Crippen molar-refractivity contribution in [2.45, 2.75) is 32.2 Å². The van der Waals surface area contributed by atoms with E-state index in [4.69, 9.17) is 0 Å². The second kappa shape index (κ2) is 7.09. The maximum atomic E-state index is 12.1. The van der Waals surface area contributed by atoms with Crippen LogP contribution in [0.2, 0.25) is 0 Å². The van der Waals surface area contributed by atoms with Gasteiger partial charge in [0, 0.05) is 17.1 Å². The minimum atomic E-state index is -0.223. The minimum Gasteiger partial charge on any atom is -0.507 e. The van der Waals surface area contributed by atoms with Gasteiger partial charge in [-0.1, -0.05) is 22.4 Å². The van der Waals surface area contributed by atoms with E-state index < -0.39 is 0 Å². The van der Waals surface area contributed by atoms with Crippen LogP contribution in [0.5, 0.6) is 5.75 Å². The number of amides is 1. The zero-order chi connectivity index (χ0) is 14.5. The standard InChI is InChI=1S/C15H21BrN2O2/c1-11(10-18-7-3-2-4-8-18)17-15(20)13-6-5-12(16)9-14(13)19/h5-6,9,11,19H,2-4,7-8,10H2,1H3,(H,17,20). The summed E-state index contributed by atoms with van der Waals surface area (Å²) >= 11 is 3.26. The number of aromatic hydroxyl groups is 1. The number of halogens is 1. The molecule has 2 N–H and O–H groups in total. The molecule has 1 aliphatic rings. The van der Waals surface area contributed by atoms with Crippen LogP contribution >= 0.6 is 15.9 Å². The van der Waals surface area contributed by atoms with Gasteiger partial charge in [0.2, 0.25) is 0 Å². The molecule has 4 nitrogen and oxygen atoms in total. The Hall–Kier alpha value is -1.07. The van der Waals surface area contributed by atoms with Crippen molar-refractivity contribution in [1.82, 2.24) is 10.2 Å². The van der Waals surface area contributed by atoms with Crippen LogP contribution in [0.4, 0.5) is 0 Å². The van der Waals surface area contributed by atoms with Crippen molar-refractivity contribution in [3.63, 3.8) is 0 Å². The van der Waals surface area contributed by atoms with Crippen LogP contribution in [0.25, 0.3) is 0 Å². The van der Waals surface area contributed by atoms with Crippen molar-refractivity contribution in [3.05, 3.63) is 28.2 Å². The van der Waals surface area contributed by atoms with Crippen molar-refractivity contribution in [3.8, 4) is 5.75 Å². The van der Waals surface area contributed by atoms with E-state index in [9.17, 15) is 9.90 Å². The van der Waals surface area contributed by atoms with Gasteiger partial charge >= 0.3 is 0 Å². The molecule has 1 fully saturated rings. The van der Waals surface area contributed by atoms with Gasteiger partial charge in [-0.15, -0.1) is 0 Å². The third-order valence-electron chi connectivity index (χ3n) is 3.56. The minimum absolute atomic E-state index is 0.00190. The lowest BCUT2D eigenvalue weighted by Crippen LogP contribution is -2.43. The summed E-state index contributed by atoms with van der Waals surface area (Å²) in [6.45, 7) is 5.10. The van der Waals surface area contributed by atoms with Gasteiger partial charge < -0.3 is 15.3 Å². The number of hydrogen-bond acceptors (Lipinski definition) is 3. The van der Waals surface area contributed by atoms with E-state index in [0.717, 1.165) is 24.1 Å². The molecular weight excluding hydrogens is 320 g/mol. The van der Waals surface area contributed by atoms with Gasteiger partial charge in [-0.3, -0.25) is 4.79 Å². The van der Waals surface area contributed by atoms with Crippen LogP contribution in [0.3, 0.4) is 0 Å². The van der Waals surface area contributed by atoms with Crippen LogP contribution in [-0.2, 0) is 0 Å². The second-order valence-corrected chi connectivity index (χ2v) is 6.31. The van der Waals surface area contributed by atoms with Crippen molar-refractivity contribution in [2.24, 2.45) is 0 Å². The summed E-state index contributed by atoms with van der Waals surface area (Å²) in [5.41, 5.74) is 0.318. The number of phenolic OH excluding ortho intramolecular Hbond substituents is 1. The fraction of sp³-hybridized carbons (Fsp3) is 0.533. The van der Waals surface area contributed by atoms with Gasteiger partial charge in [0.05, 0.1) is 5.56 Å². The van der Waals surface area contributed by atoms with Crippen molar-refractivity contribution in [2.75, 3.05) is 19.6 Å². The molecule has 1 heterocycles. The number of phenols is 1. The van der Waals surface area contributed by atoms with E-state index in [-0.39, 0.29) is 17.7 Å². The smallest absolute Gasteiger partial charge is 0.255 e. The Morgan fingerprint density at radius 2 is 2.10 bits per heavy atom. The van der Waals surface area contributed by atoms with Crippen molar-refractivity contribution < 1.29 is 9.90 Å². The summed E-state index contributed by atoms with van der Waals surface area (Å²) in [5.74, 6) is -0.221. The number of nitrogens with zero attached hydrogens (tertiary/aromatic N) is 1. The molecule has 5 heteroatoms. The van der Waals surface area contributed by atoms with E-state index in [2.05, 4.69) is 26.1 Å². The summed E-state index contributed by atoms with van der Waals surface area (Å²) in [6, 6.07) is 4.99. The van der Waals surface area contributed by atoms with E-state index in [0.29, 0.717) is 5.56 Å². The Balaban J connectivity index is 1.89. The first-order valence-electron chi connectivity index (χ1n) is 7.08. The Kier molecular flexibility index (Phi) is 5.43. The van der Waals surface area contributed by atoms with E-state index in [1.165, 1.54) is 25.3 Å². The van der Waals surface area contributed by atoms with E-state index in [1.54, 1.807) is 12.1 Å². The van der Waals surface area contributed by atoms with Crippen molar-refractivity contribution in [1.29, 1.82) is 0 Å². The Morgan fingerprint density at radius 1 is 1.40 bits per heavy atom. The number of carbonyl (C=O) groups excluding carboxylic acids is 1. The predicted molar refractivity (Wildman–Crippen MR) is 83.0 cm³/mol. The Bertz CT molecular complexity index is 473. The SMILES string of the molecule is CC(CN1CCCCC1)NC(=O)c1ccc(Br)cc1O. The molecule has 0 aromatic heterocycles. The fourth-order valence-corrected chi connectivity index (χ4v) is 2.92. The van der Waals surface area contributed by atoms with Crippen molar-refractivity contribution >= 4 is 21.8 Å². The number of benzene rings is 1. The van der Waals surface area contributed by atoms with E-state index >= 15 is 0 Å². The molecular formula is C15H21BrN2O2. The fourth-order valence-electron chi connectivity index (χ4n) is 2.57. The highest BCUT2D eigenvalue weighted by atomic mass is 79.9. The molecule has 1 aliphatic heterocycles. The molecule has 1 aromatic carbocycles. The molecule has 2 rings (SSSR count). The second-order valence-electron chi connectivity index (χ2n) is 5.40. The normalized spacial score (nSPS) is 17.7. The van der Waals surface area contributed by atoms with Gasteiger partial charge in [-0.05, 0) is 51.1 Å². The first-order valence-corrected chi connectivity index (χ1v) is 7.87. The molecule has 0 aliphatic carbocycles. The topological polar surface area (TPSA) is 52.6 Å². The number of nitrogens with one attached hydrogen (secondary N) is 1. The first-order chi connectivity index (χ1) is 9.56. The molecule has 1 amide bonds. The largest absolute Gasteiger partial charge is 0.507 e. The lowest BCUT2D eigenvalue weighted by molar-refractivity contribution is 0.0923. The lowest BCUT2D eigenvalue weighted by atomic mass is 10.1. The van der Waals surface area contributed by atoms with Crippen LogP contribution in [0.15, 0.2) is 22.7 Å². The molecule has 110 valence electrons. The molecule has 1 aromatic rings. The number of piperidine rings is 1. The molecule has 1 unspecified atom stereocenters. The highest BCUT2D eigenvalue weighted by Gasteiger charge is 2.17. The Morgan fingerprint density at radius 3 is 2.75 bits per heavy atom. The highest BCUT2D eigenvalue weighted by molar-refractivity contribution is 9.10. The first kappa shape index (κ1) is 15.3. The number of carbonyl (C=O) groups is 1. The number of hydrogen-bond donors (Lipinski definition) is 2. The predicted octanol–water partition coefficient (Wildman–Crippen LogP) is 2.76. The zero-order valence-corrected chi connectivity index (χ0v) is 13.3. The lowest BCUT2D eigenvalue weighted by Gasteiger charge is -2.29. The summed E-state index contributed by atoms with van der Waals surface area (Å²) in [5, 5.41) is 12.7. The maximum absolute atomic E-state index is 12.1. The molecule has 20 heavy (non-hydrogen) atoms. The molecule has 1 atom stereocenters. The summed E-state index contributed by atoms with van der Waals surface area (Å²) < 4.78 is 0.757. The summed E-state index contributed by atoms with van der Waals surface area (Å²) in [6.07, 6.45) is 3.80. The summed E-state index contributed by atoms with van der Waals surface area (Å²) in [7, 11) is 0. The number of rotatable bonds is 4. The molecule has 0 spiro atoms. The van der Waals surface area contributed by atoms with Crippen LogP contribution < -0.4 is 5.32 Å². The third kappa shape index (κ3) is 4.21. The average molecular weight is 341 g/mol. The van der Waals surface area contributed by atoms with Gasteiger partial charge in [0.25, 0.3) is 5.91 Å². The molecule has 0 saturated carbocycles. The zero-order valence-electron chi connectivity index (χ0n) is 11.7. The molecule has 0 bridgehead atoms. The van der Waals surface area contributed by atoms with Gasteiger partial charge in [0.15, 0.2) is 0 Å². The molecule has 0 radical (unpaired) electrons. The quantitative estimate of drug-likeness (QED) is 0.886. The van der Waals surface area contributed by atoms with Crippen LogP contribution in [0.1, 0.15) is 36.5 Å². The van der Waals surface area contributed by atoms with Crippen LogP contribution in [-0.4, -0.2) is 41.6 Å². The van der Waals surface area contributed by atoms with Gasteiger partial charge in [-0.25, -0.2) is 0 Å². The number of likely N-dealkylation sites (tertiary alicyclic amines) is 1. The maximum Gasteiger partial charge on any atom is 0.255 e. The van der Waals surface area contributed by atoms with Crippen LogP contribution in [0, 0.1) is 0 Å². The Labute approximate surface area is 128 Å². The van der Waals surface area contributed by atoms with Gasteiger partial charge in [-0.2, -0.15) is 0 Å². The highest BCUT2D eigenvalue weighted by Crippen LogP contribution is 2.22.